The summed E-state index contributed by atoms with van der Waals surface area (Å²) >= 11 is 7.49. The first-order valence-corrected chi connectivity index (χ1v) is 13.5. The van der Waals surface area contributed by atoms with Gasteiger partial charge in [-0.15, -0.1) is 11.8 Å². The van der Waals surface area contributed by atoms with Crippen LogP contribution < -0.4 is 16.0 Å². The van der Waals surface area contributed by atoms with Crippen molar-refractivity contribution in [3.05, 3.63) is 131 Å². The van der Waals surface area contributed by atoms with Gasteiger partial charge in [0, 0.05) is 27.4 Å². The summed E-state index contributed by atoms with van der Waals surface area (Å²) in [7, 11) is 0. The van der Waals surface area contributed by atoms with Crippen LogP contribution in [0.2, 0.25) is 5.02 Å². The molecule has 202 valence electrons. The van der Waals surface area contributed by atoms with Crippen molar-refractivity contribution in [2.24, 2.45) is 0 Å². The highest BCUT2D eigenvalue weighted by molar-refractivity contribution is 8.00. The monoisotopic (exact) mass is 573 g/mol. The molecule has 0 aliphatic heterocycles. The van der Waals surface area contributed by atoms with Crippen LogP contribution in [0, 0.1) is 5.82 Å². The second-order valence-corrected chi connectivity index (χ2v) is 10.4. The van der Waals surface area contributed by atoms with Crippen molar-refractivity contribution in [1.82, 2.24) is 5.32 Å². The van der Waals surface area contributed by atoms with Gasteiger partial charge in [0.15, 0.2) is 0 Å². The molecule has 1 atom stereocenters. The van der Waals surface area contributed by atoms with E-state index in [1.165, 1.54) is 36.0 Å². The van der Waals surface area contributed by atoms with Gasteiger partial charge in [0.2, 0.25) is 5.91 Å². The third-order valence-corrected chi connectivity index (χ3v) is 7.06. The first-order valence-electron chi connectivity index (χ1n) is 12.3. The molecule has 4 rings (SSSR count). The van der Waals surface area contributed by atoms with E-state index in [9.17, 15) is 18.8 Å². The Labute approximate surface area is 240 Å². The maximum absolute atomic E-state index is 14.5. The maximum atomic E-state index is 14.5. The van der Waals surface area contributed by atoms with Crippen LogP contribution in [0.4, 0.5) is 15.8 Å². The van der Waals surface area contributed by atoms with Crippen LogP contribution in [0.1, 0.15) is 22.8 Å². The second kappa shape index (κ2) is 13.6. The molecule has 0 aromatic heterocycles. The van der Waals surface area contributed by atoms with Gasteiger partial charge in [-0.2, -0.15) is 0 Å². The summed E-state index contributed by atoms with van der Waals surface area (Å²) in [5, 5.41) is 7.84. The predicted molar refractivity (Wildman–Crippen MR) is 159 cm³/mol. The van der Waals surface area contributed by atoms with E-state index in [4.69, 9.17) is 11.6 Å². The fourth-order valence-corrected chi connectivity index (χ4v) is 4.75. The number of para-hydroxylation sites is 1. The lowest BCUT2D eigenvalue weighted by molar-refractivity contribution is -0.115. The number of hydrogen-bond acceptors (Lipinski definition) is 4. The number of nitrogens with one attached hydrogen (secondary N) is 3. The molecule has 9 heteroatoms. The Balaban J connectivity index is 1.52. The van der Waals surface area contributed by atoms with Crippen LogP contribution in [0.15, 0.2) is 114 Å². The topological polar surface area (TPSA) is 87.3 Å². The molecule has 3 amide bonds. The minimum absolute atomic E-state index is 0.0368. The molecule has 6 nitrogen and oxygen atoms in total. The summed E-state index contributed by atoms with van der Waals surface area (Å²) < 4.78 is 14.5. The van der Waals surface area contributed by atoms with E-state index in [0.717, 1.165) is 4.90 Å². The molecule has 4 aromatic carbocycles. The van der Waals surface area contributed by atoms with Gasteiger partial charge in [-0.25, -0.2) is 4.39 Å². The molecule has 0 saturated carbocycles. The molecule has 0 heterocycles. The number of benzene rings is 4. The molecule has 0 spiro atoms. The molecule has 1 unspecified atom stereocenters. The van der Waals surface area contributed by atoms with Gasteiger partial charge in [0.1, 0.15) is 11.5 Å². The van der Waals surface area contributed by atoms with Gasteiger partial charge < -0.3 is 16.0 Å². The van der Waals surface area contributed by atoms with E-state index in [1.807, 2.05) is 36.4 Å². The Morgan fingerprint density at radius 2 is 1.48 bits per heavy atom. The SMILES string of the molecule is CC(Sc1cccc(NC(=O)/C(=C\c2c(F)cccc2Cl)NC(=O)c2ccccc2)c1)C(=O)Nc1ccccc1. The Hall–Kier alpha value is -4.40. The van der Waals surface area contributed by atoms with Crippen molar-refractivity contribution in [3.63, 3.8) is 0 Å². The normalized spacial score (nSPS) is 11.8. The average Bonchev–Trinajstić information content (AvgIpc) is 2.95. The molecule has 0 bridgehead atoms. The summed E-state index contributed by atoms with van der Waals surface area (Å²) in [6.07, 6.45) is 1.20. The van der Waals surface area contributed by atoms with Crippen LogP contribution in [0.25, 0.3) is 6.08 Å². The number of carbonyl (C=O) groups is 3. The summed E-state index contributed by atoms with van der Waals surface area (Å²) in [5.41, 5.74) is 1.21. The van der Waals surface area contributed by atoms with E-state index in [0.29, 0.717) is 16.9 Å². The molecule has 3 N–H and O–H groups in total. The zero-order valence-electron chi connectivity index (χ0n) is 21.4. The number of halogens is 2. The summed E-state index contributed by atoms with van der Waals surface area (Å²) in [4.78, 5) is 39.5. The van der Waals surface area contributed by atoms with Gasteiger partial charge >= 0.3 is 0 Å². The number of rotatable bonds is 9. The zero-order chi connectivity index (χ0) is 28.5. The van der Waals surface area contributed by atoms with Crippen molar-refractivity contribution in [2.45, 2.75) is 17.1 Å². The Bertz CT molecular complexity index is 1530. The zero-order valence-corrected chi connectivity index (χ0v) is 22.9. The molecular formula is C31H25ClFN3O3S. The van der Waals surface area contributed by atoms with Crippen LogP contribution >= 0.6 is 23.4 Å². The quantitative estimate of drug-likeness (QED) is 0.148. The van der Waals surface area contributed by atoms with Gasteiger partial charge in [-0.3, -0.25) is 14.4 Å². The molecule has 0 saturated heterocycles. The molecule has 0 aliphatic rings. The van der Waals surface area contributed by atoms with Gasteiger partial charge in [-0.05, 0) is 67.6 Å². The van der Waals surface area contributed by atoms with E-state index in [-0.39, 0.29) is 22.2 Å². The fourth-order valence-electron chi connectivity index (χ4n) is 3.60. The highest BCUT2D eigenvalue weighted by Crippen LogP contribution is 2.27. The third kappa shape index (κ3) is 7.81. The van der Waals surface area contributed by atoms with E-state index >= 15 is 0 Å². The first-order chi connectivity index (χ1) is 19.3. The molecule has 4 aromatic rings. The summed E-state index contributed by atoms with van der Waals surface area (Å²) in [6.45, 7) is 1.78. The molecule has 0 aliphatic carbocycles. The summed E-state index contributed by atoms with van der Waals surface area (Å²) in [5.74, 6) is -2.04. The lowest BCUT2D eigenvalue weighted by atomic mass is 10.1. The van der Waals surface area contributed by atoms with Gasteiger partial charge in [-0.1, -0.05) is 60.1 Å². The lowest BCUT2D eigenvalue weighted by Gasteiger charge is -2.14. The maximum Gasteiger partial charge on any atom is 0.272 e. The third-order valence-electron chi connectivity index (χ3n) is 5.63. The minimum Gasteiger partial charge on any atom is -0.325 e. The molecular weight excluding hydrogens is 549 g/mol. The van der Waals surface area contributed by atoms with Crippen molar-refractivity contribution in [1.29, 1.82) is 0 Å². The minimum atomic E-state index is -0.680. The van der Waals surface area contributed by atoms with E-state index < -0.39 is 22.9 Å². The average molecular weight is 574 g/mol. The van der Waals surface area contributed by atoms with Gasteiger partial charge in [0.05, 0.1) is 10.3 Å². The van der Waals surface area contributed by atoms with E-state index in [1.54, 1.807) is 55.5 Å². The summed E-state index contributed by atoms with van der Waals surface area (Å²) in [6, 6.07) is 28.6. The Morgan fingerprint density at radius 3 is 2.17 bits per heavy atom. The van der Waals surface area contributed by atoms with Crippen LogP contribution in [-0.2, 0) is 9.59 Å². The standard InChI is InChI=1S/C31H25ClFN3O3S/c1-20(29(37)34-22-12-6-3-7-13-22)40-24-15-8-14-23(18-24)35-31(39)28(19-25-26(32)16-9-17-27(25)33)36-30(38)21-10-4-2-5-11-21/h2-20H,1H3,(H,34,37)(H,35,39)(H,36,38)/b28-19+. The number of carbonyl (C=O) groups excluding carboxylic acids is 3. The van der Waals surface area contributed by atoms with E-state index in [2.05, 4.69) is 16.0 Å². The number of thioether (sulfide) groups is 1. The van der Waals surface area contributed by atoms with Gasteiger partial charge in [0.25, 0.3) is 11.8 Å². The second-order valence-electron chi connectivity index (χ2n) is 8.61. The Morgan fingerprint density at radius 1 is 0.825 bits per heavy atom. The molecule has 40 heavy (non-hydrogen) atoms. The van der Waals surface area contributed by atoms with Crippen molar-refractivity contribution < 1.29 is 18.8 Å². The molecule has 0 radical (unpaired) electrons. The van der Waals surface area contributed by atoms with Crippen LogP contribution in [-0.4, -0.2) is 23.0 Å². The number of anilines is 2. The fraction of sp³-hybridized carbons (Fsp3) is 0.0645. The lowest BCUT2D eigenvalue weighted by Crippen LogP contribution is -2.30. The van der Waals surface area contributed by atoms with Crippen LogP contribution in [0.3, 0.4) is 0 Å². The van der Waals surface area contributed by atoms with Crippen molar-refractivity contribution >= 4 is 58.5 Å². The van der Waals surface area contributed by atoms with Crippen molar-refractivity contribution in [2.75, 3.05) is 10.6 Å². The van der Waals surface area contributed by atoms with Crippen molar-refractivity contribution in [3.8, 4) is 0 Å². The molecule has 0 fully saturated rings. The number of amides is 3. The number of hydrogen-bond donors (Lipinski definition) is 3. The highest BCUT2D eigenvalue weighted by Gasteiger charge is 2.18. The largest absolute Gasteiger partial charge is 0.325 e. The Kier molecular flexibility index (Phi) is 9.72. The highest BCUT2D eigenvalue weighted by atomic mass is 35.5. The predicted octanol–water partition coefficient (Wildman–Crippen LogP) is 7.01. The van der Waals surface area contributed by atoms with Crippen LogP contribution in [0.5, 0.6) is 0 Å². The smallest absolute Gasteiger partial charge is 0.272 e. The first kappa shape index (κ1) is 28.6.